The molecule has 1 rings (SSSR count). The van der Waals surface area contributed by atoms with Gasteiger partial charge in [0.15, 0.2) is 5.82 Å². The first-order chi connectivity index (χ1) is 8.58. The van der Waals surface area contributed by atoms with Crippen molar-refractivity contribution < 1.29 is 9.53 Å². The molecule has 1 heterocycles. The van der Waals surface area contributed by atoms with Crippen LogP contribution >= 0.6 is 0 Å². The Morgan fingerprint density at radius 1 is 1.50 bits per heavy atom. The lowest BCUT2D eigenvalue weighted by Gasteiger charge is -2.21. The second-order valence-corrected chi connectivity index (χ2v) is 4.21. The highest BCUT2D eigenvalue weighted by atomic mass is 16.5. The predicted molar refractivity (Wildman–Crippen MR) is 67.8 cm³/mol. The van der Waals surface area contributed by atoms with Crippen LogP contribution in [0.3, 0.4) is 0 Å². The van der Waals surface area contributed by atoms with Crippen LogP contribution in [0.1, 0.15) is 24.3 Å². The Kier molecular flexibility index (Phi) is 5.47. The van der Waals surface area contributed by atoms with Crippen molar-refractivity contribution >= 4 is 11.7 Å². The zero-order valence-corrected chi connectivity index (χ0v) is 10.8. The fourth-order valence-corrected chi connectivity index (χ4v) is 1.37. The number of carbonyl (C=O) groups excluding carboxylic acids is 1. The van der Waals surface area contributed by atoms with Gasteiger partial charge in [0, 0.05) is 7.11 Å². The van der Waals surface area contributed by atoms with Gasteiger partial charge < -0.3 is 15.5 Å². The molecular weight excluding hydrogens is 234 g/mol. The van der Waals surface area contributed by atoms with Crippen molar-refractivity contribution in [2.24, 2.45) is 11.8 Å². The fourth-order valence-electron chi connectivity index (χ4n) is 1.37. The number of hydrogen-bond donors (Lipinski definition) is 3. The Hall–Kier alpha value is -1.73. The Balaban J connectivity index is 2.73. The van der Waals surface area contributed by atoms with Gasteiger partial charge >= 0.3 is 0 Å². The zero-order valence-electron chi connectivity index (χ0n) is 10.8. The van der Waals surface area contributed by atoms with E-state index in [1.807, 2.05) is 13.8 Å². The average Bonchev–Trinajstić information content (AvgIpc) is 2.38. The number of carbonyl (C=O) groups is 1. The number of nitrogens with one attached hydrogen (secondary N) is 2. The lowest BCUT2D eigenvalue weighted by molar-refractivity contribution is 0.0861. The summed E-state index contributed by atoms with van der Waals surface area (Å²) in [6.07, 6.45) is 2.83. The van der Waals surface area contributed by atoms with Gasteiger partial charge in [-0.1, -0.05) is 13.8 Å². The van der Waals surface area contributed by atoms with Gasteiger partial charge in [-0.25, -0.2) is 10.8 Å². The summed E-state index contributed by atoms with van der Waals surface area (Å²) in [4.78, 5) is 19.9. The number of methoxy groups -OCH3 is 1. The van der Waals surface area contributed by atoms with E-state index in [1.54, 1.807) is 7.11 Å². The van der Waals surface area contributed by atoms with Crippen LogP contribution in [-0.2, 0) is 4.74 Å². The Bertz CT molecular complexity index is 397. The summed E-state index contributed by atoms with van der Waals surface area (Å²) in [5, 5.41) is 2.85. The summed E-state index contributed by atoms with van der Waals surface area (Å²) >= 11 is 0. The third-order valence-corrected chi connectivity index (χ3v) is 2.48. The second kappa shape index (κ2) is 6.87. The molecule has 0 aromatic carbocycles. The molecule has 7 heteroatoms. The molecule has 0 saturated heterocycles. The maximum atomic E-state index is 12.0. The van der Waals surface area contributed by atoms with Gasteiger partial charge in [-0.15, -0.1) is 0 Å². The van der Waals surface area contributed by atoms with E-state index in [9.17, 15) is 4.79 Å². The van der Waals surface area contributed by atoms with E-state index in [2.05, 4.69) is 20.7 Å². The van der Waals surface area contributed by atoms with Crippen LogP contribution in [0.5, 0.6) is 0 Å². The van der Waals surface area contributed by atoms with Crippen molar-refractivity contribution in [3.05, 3.63) is 18.1 Å². The molecule has 1 aromatic rings. The Morgan fingerprint density at radius 2 is 2.22 bits per heavy atom. The quantitative estimate of drug-likeness (QED) is 0.493. The van der Waals surface area contributed by atoms with Crippen molar-refractivity contribution in [3.63, 3.8) is 0 Å². The van der Waals surface area contributed by atoms with E-state index < -0.39 is 0 Å². The van der Waals surface area contributed by atoms with Crippen molar-refractivity contribution in [1.82, 2.24) is 15.3 Å². The van der Waals surface area contributed by atoms with E-state index in [0.29, 0.717) is 12.4 Å². The van der Waals surface area contributed by atoms with Crippen molar-refractivity contribution in [2.75, 3.05) is 19.1 Å². The van der Waals surface area contributed by atoms with E-state index in [4.69, 9.17) is 10.6 Å². The number of hydrogen-bond acceptors (Lipinski definition) is 6. The minimum atomic E-state index is -0.296. The number of nitrogens with two attached hydrogens (primary N) is 1. The molecule has 100 valence electrons. The molecule has 0 aliphatic rings. The van der Waals surface area contributed by atoms with Crippen LogP contribution in [0.4, 0.5) is 5.82 Å². The van der Waals surface area contributed by atoms with Gasteiger partial charge in [-0.05, 0) is 5.92 Å². The number of nitrogens with zero attached hydrogens (tertiary/aromatic N) is 2. The van der Waals surface area contributed by atoms with E-state index in [0.717, 1.165) is 0 Å². The predicted octanol–water partition coefficient (Wildman–Crippen LogP) is 0.163. The van der Waals surface area contributed by atoms with Gasteiger partial charge in [-0.2, -0.15) is 0 Å². The smallest absolute Gasteiger partial charge is 0.271 e. The standard InChI is InChI=1S/C11H19N5O2/c1-7(2)9(6-18-3)15-11(17)8-4-13-5-10(14-8)16-12/h4-5,7,9H,6,12H2,1-3H3,(H,14,16)(H,15,17). The molecule has 0 radical (unpaired) electrons. The van der Waals surface area contributed by atoms with Crippen LogP contribution in [0, 0.1) is 5.92 Å². The first kappa shape index (κ1) is 14.3. The Labute approximate surface area is 106 Å². The van der Waals surface area contributed by atoms with Gasteiger partial charge in [0.25, 0.3) is 5.91 Å². The molecule has 0 bridgehead atoms. The molecule has 4 N–H and O–H groups in total. The number of aromatic nitrogens is 2. The number of hydrazine groups is 1. The summed E-state index contributed by atoms with van der Waals surface area (Å²) in [6.45, 7) is 4.46. The van der Waals surface area contributed by atoms with Crippen LogP contribution in [0.25, 0.3) is 0 Å². The maximum Gasteiger partial charge on any atom is 0.271 e. The van der Waals surface area contributed by atoms with Gasteiger partial charge in [-0.3, -0.25) is 9.78 Å². The number of ether oxygens (including phenoxy) is 1. The highest BCUT2D eigenvalue weighted by Crippen LogP contribution is 2.05. The highest BCUT2D eigenvalue weighted by molar-refractivity contribution is 5.92. The van der Waals surface area contributed by atoms with E-state index >= 15 is 0 Å². The lowest BCUT2D eigenvalue weighted by atomic mass is 10.1. The molecule has 0 saturated carbocycles. The van der Waals surface area contributed by atoms with Crippen LogP contribution < -0.4 is 16.6 Å². The van der Waals surface area contributed by atoms with Crippen LogP contribution in [0.2, 0.25) is 0 Å². The molecule has 0 spiro atoms. The van der Waals surface area contributed by atoms with Crippen molar-refractivity contribution in [3.8, 4) is 0 Å². The van der Waals surface area contributed by atoms with Crippen molar-refractivity contribution in [1.29, 1.82) is 0 Å². The number of rotatable bonds is 6. The Morgan fingerprint density at radius 3 is 2.78 bits per heavy atom. The minimum absolute atomic E-state index is 0.0706. The molecular formula is C11H19N5O2. The SMILES string of the molecule is COCC(NC(=O)c1cncc(NN)n1)C(C)C. The summed E-state index contributed by atoms with van der Waals surface area (Å²) in [7, 11) is 1.60. The summed E-state index contributed by atoms with van der Waals surface area (Å²) in [6, 6.07) is -0.0706. The lowest BCUT2D eigenvalue weighted by Crippen LogP contribution is -2.42. The summed E-state index contributed by atoms with van der Waals surface area (Å²) in [5.74, 6) is 5.52. The molecule has 0 aliphatic carbocycles. The minimum Gasteiger partial charge on any atom is -0.383 e. The summed E-state index contributed by atoms with van der Waals surface area (Å²) < 4.78 is 5.06. The first-order valence-corrected chi connectivity index (χ1v) is 5.67. The van der Waals surface area contributed by atoms with Gasteiger partial charge in [0.05, 0.1) is 25.0 Å². The van der Waals surface area contributed by atoms with E-state index in [1.165, 1.54) is 12.4 Å². The second-order valence-electron chi connectivity index (χ2n) is 4.21. The molecule has 1 aromatic heterocycles. The number of anilines is 1. The third kappa shape index (κ3) is 3.94. The first-order valence-electron chi connectivity index (χ1n) is 5.67. The molecule has 0 aliphatic heterocycles. The topological polar surface area (TPSA) is 102 Å². The normalized spacial score (nSPS) is 12.3. The monoisotopic (exact) mass is 253 g/mol. The summed E-state index contributed by atoms with van der Waals surface area (Å²) in [5.41, 5.74) is 2.56. The zero-order chi connectivity index (χ0) is 13.5. The average molecular weight is 253 g/mol. The van der Waals surface area contributed by atoms with Crippen molar-refractivity contribution in [2.45, 2.75) is 19.9 Å². The van der Waals surface area contributed by atoms with Crippen LogP contribution in [-0.4, -0.2) is 35.6 Å². The van der Waals surface area contributed by atoms with Gasteiger partial charge in [0.1, 0.15) is 5.69 Å². The maximum absolute atomic E-state index is 12.0. The van der Waals surface area contributed by atoms with Crippen LogP contribution in [0.15, 0.2) is 12.4 Å². The third-order valence-electron chi connectivity index (χ3n) is 2.48. The number of amides is 1. The highest BCUT2D eigenvalue weighted by Gasteiger charge is 2.18. The molecule has 1 unspecified atom stereocenters. The largest absolute Gasteiger partial charge is 0.383 e. The molecule has 7 nitrogen and oxygen atoms in total. The molecule has 18 heavy (non-hydrogen) atoms. The van der Waals surface area contributed by atoms with E-state index in [-0.39, 0.29) is 23.6 Å². The fraction of sp³-hybridized carbons (Fsp3) is 0.545. The van der Waals surface area contributed by atoms with Gasteiger partial charge in [0.2, 0.25) is 0 Å². The molecule has 1 atom stereocenters. The molecule has 1 amide bonds. The number of nitrogen functional groups attached to an aromatic ring is 1. The molecule has 0 fully saturated rings.